The van der Waals surface area contributed by atoms with E-state index in [-0.39, 0.29) is 6.10 Å². The lowest BCUT2D eigenvalue weighted by atomic mass is 10.1. The Morgan fingerprint density at radius 3 is 2.52 bits per heavy atom. The Morgan fingerprint density at radius 1 is 1.29 bits per heavy atom. The molecule has 118 valence electrons. The van der Waals surface area contributed by atoms with Gasteiger partial charge < -0.3 is 10.1 Å². The van der Waals surface area contributed by atoms with Crippen LogP contribution in [0.1, 0.15) is 58.2 Å². The summed E-state index contributed by atoms with van der Waals surface area (Å²) in [5.74, 6) is 3.02. The largest absolute Gasteiger partial charge is 0.370 e. The van der Waals surface area contributed by atoms with Crippen molar-refractivity contribution in [1.82, 2.24) is 9.97 Å². The number of ether oxygens (including phenoxy) is 1. The summed E-state index contributed by atoms with van der Waals surface area (Å²) in [5.41, 5.74) is 1.15. The highest BCUT2D eigenvalue weighted by molar-refractivity contribution is 14.1. The van der Waals surface area contributed by atoms with Gasteiger partial charge in [0.1, 0.15) is 11.9 Å². The van der Waals surface area contributed by atoms with Crippen LogP contribution in [0.25, 0.3) is 0 Å². The maximum Gasteiger partial charge on any atom is 0.160 e. The molecule has 0 aliphatic heterocycles. The normalized spacial score (nSPS) is 16.3. The van der Waals surface area contributed by atoms with Crippen molar-refractivity contribution in [3.8, 4) is 0 Å². The minimum Gasteiger partial charge on any atom is -0.370 e. The number of halogens is 1. The second kappa shape index (κ2) is 7.72. The van der Waals surface area contributed by atoms with E-state index in [2.05, 4.69) is 48.7 Å². The topological polar surface area (TPSA) is 47.0 Å². The zero-order valence-electron chi connectivity index (χ0n) is 13.4. The van der Waals surface area contributed by atoms with Gasteiger partial charge in [-0.2, -0.15) is 0 Å². The van der Waals surface area contributed by atoms with E-state index in [4.69, 9.17) is 14.7 Å². The van der Waals surface area contributed by atoms with Gasteiger partial charge in [0.15, 0.2) is 5.82 Å². The molecule has 1 aromatic heterocycles. The van der Waals surface area contributed by atoms with E-state index in [0.29, 0.717) is 18.4 Å². The third-order valence-corrected chi connectivity index (χ3v) is 4.67. The van der Waals surface area contributed by atoms with Crippen molar-refractivity contribution in [2.75, 3.05) is 18.5 Å². The van der Waals surface area contributed by atoms with E-state index in [1.807, 2.05) is 6.92 Å². The summed E-state index contributed by atoms with van der Waals surface area (Å²) >= 11 is 2.36. The molecule has 1 unspecified atom stereocenters. The molecule has 1 aliphatic carbocycles. The van der Waals surface area contributed by atoms with Gasteiger partial charge >= 0.3 is 0 Å². The molecule has 0 spiro atoms. The van der Waals surface area contributed by atoms with Crippen LogP contribution >= 0.6 is 22.6 Å². The van der Waals surface area contributed by atoms with Crippen LogP contribution in [-0.4, -0.2) is 23.1 Å². The van der Waals surface area contributed by atoms with Crippen molar-refractivity contribution < 1.29 is 4.74 Å². The Kier molecular flexibility index (Phi) is 6.22. The second-order valence-corrected chi connectivity index (χ2v) is 7.11. The lowest BCUT2D eigenvalue weighted by molar-refractivity contribution is 0.0399. The average molecular weight is 403 g/mol. The summed E-state index contributed by atoms with van der Waals surface area (Å²) in [6.45, 7) is 10.2. The average Bonchev–Trinajstić information content (AvgIpc) is 3.24. The summed E-state index contributed by atoms with van der Waals surface area (Å²) in [4.78, 5) is 9.61. The third-order valence-electron chi connectivity index (χ3n) is 3.53. The molecule has 1 aliphatic rings. The number of rotatable bonds is 8. The summed E-state index contributed by atoms with van der Waals surface area (Å²) in [6.07, 6.45) is 3.51. The second-order valence-electron chi connectivity index (χ2n) is 6.03. The van der Waals surface area contributed by atoms with Crippen LogP contribution in [0.5, 0.6) is 0 Å². The van der Waals surface area contributed by atoms with Crippen molar-refractivity contribution in [2.45, 2.75) is 53.1 Å². The highest BCUT2D eigenvalue weighted by Gasteiger charge is 2.35. The molecular weight excluding hydrogens is 377 g/mol. The Morgan fingerprint density at radius 2 is 2.00 bits per heavy atom. The number of nitrogens with zero attached hydrogens (tertiary/aromatic N) is 2. The molecule has 0 saturated heterocycles. The molecule has 2 rings (SSSR count). The van der Waals surface area contributed by atoms with Crippen LogP contribution < -0.4 is 5.32 Å². The van der Waals surface area contributed by atoms with Gasteiger partial charge in [-0.05, 0) is 67.5 Å². The van der Waals surface area contributed by atoms with Crippen LogP contribution in [0.2, 0.25) is 0 Å². The molecule has 21 heavy (non-hydrogen) atoms. The van der Waals surface area contributed by atoms with Crippen LogP contribution in [0, 0.1) is 15.4 Å². The van der Waals surface area contributed by atoms with E-state index in [1.165, 1.54) is 12.8 Å². The first-order valence-corrected chi connectivity index (χ1v) is 9.06. The van der Waals surface area contributed by atoms with Crippen LogP contribution in [0.4, 0.5) is 5.82 Å². The molecule has 1 saturated carbocycles. The number of nitrogens with one attached hydrogen (secondary N) is 1. The van der Waals surface area contributed by atoms with E-state index in [0.717, 1.165) is 33.9 Å². The van der Waals surface area contributed by atoms with Crippen molar-refractivity contribution in [3.05, 3.63) is 15.1 Å². The molecule has 5 heteroatoms. The first-order valence-electron chi connectivity index (χ1n) is 7.98. The lowest BCUT2D eigenvalue weighted by Gasteiger charge is -2.19. The predicted octanol–water partition coefficient (Wildman–Crippen LogP) is 4.20. The van der Waals surface area contributed by atoms with E-state index in [9.17, 15) is 0 Å². The van der Waals surface area contributed by atoms with Gasteiger partial charge in [-0.3, -0.25) is 0 Å². The minimum atomic E-state index is 0.0651. The van der Waals surface area contributed by atoms with Crippen LogP contribution in [0.3, 0.4) is 0 Å². The highest BCUT2D eigenvalue weighted by atomic mass is 127. The first kappa shape index (κ1) is 16.9. The quantitative estimate of drug-likeness (QED) is 0.661. The Bertz CT molecular complexity index is 475. The fourth-order valence-electron chi connectivity index (χ4n) is 2.45. The summed E-state index contributed by atoms with van der Waals surface area (Å²) in [5, 5.41) is 3.37. The van der Waals surface area contributed by atoms with Crippen LogP contribution in [-0.2, 0) is 11.2 Å². The Labute approximate surface area is 141 Å². The lowest BCUT2D eigenvalue weighted by Crippen LogP contribution is -2.16. The summed E-state index contributed by atoms with van der Waals surface area (Å²) < 4.78 is 7.08. The molecule has 1 atom stereocenters. The molecular formula is C16H26IN3O. The number of hydrogen-bond donors (Lipinski definition) is 1. The van der Waals surface area contributed by atoms with Gasteiger partial charge in [0.05, 0.1) is 9.26 Å². The van der Waals surface area contributed by atoms with Gasteiger partial charge in [0.25, 0.3) is 0 Å². The van der Waals surface area contributed by atoms with Crippen molar-refractivity contribution in [2.24, 2.45) is 11.8 Å². The van der Waals surface area contributed by atoms with Gasteiger partial charge in [-0.15, -0.1) is 0 Å². The number of anilines is 1. The first-order chi connectivity index (χ1) is 10.1. The molecule has 4 nitrogen and oxygen atoms in total. The van der Waals surface area contributed by atoms with Gasteiger partial charge in [-0.1, -0.05) is 13.8 Å². The Balaban J connectivity index is 2.36. The Hall–Kier alpha value is -0.430. The third kappa shape index (κ3) is 4.52. The standard InChI is InChI=1S/C16H26IN3O/c1-5-18-15-13(17)12(9-10(3)4)19-16(20-15)14(21-6-2)11-7-8-11/h10-11,14H,5-9H2,1-4H3,(H,18,19,20). The molecule has 1 fully saturated rings. The number of hydrogen-bond acceptors (Lipinski definition) is 4. The van der Waals surface area contributed by atoms with Crippen molar-refractivity contribution >= 4 is 28.4 Å². The zero-order chi connectivity index (χ0) is 15.4. The molecule has 0 bridgehead atoms. The molecule has 1 heterocycles. The predicted molar refractivity (Wildman–Crippen MR) is 94.5 cm³/mol. The van der Waals surface area contributed by atoms with Crippen LogP contribution in [0.15, 0.2) is 0 Å². The minimum absolute atomic E-state index is 0.0651. The fraction of sp³-hybridized carbons (Fsp3) is 0.750. The van der Waals surface area contributed by atoms with E-state index in [1.54, 1.807) is 0 Å². The SMILES string of the molecule is CCNc1nc(C(OCC)C2CC2)nc(CC(C)C)c1I. The smallest absolute Gasteiger partial charge is 0.160 e. The van der Waals surface area contributed by atoms with Crippen molar-refractivity contribution in [3.63, 3.8) is 0 Å². The highest BCUT2D eigenvalue weighted by Crippen LogP contribution is 2.42. The van der Waals surface area contributed by atoms with Gasteiger partial charge in [0.2, 0.25) is 0 Å². The maximum atomic E-state index is 5.93. The summed E-state index contributed by atoms with van der Waals surface area (Å²) in [7, 11) is 0. The van der Waals surface area contributed by atoms with Crippen molar-refractivity contribution in [1.29, 1.82) is 0 Å². The monoisotopic (exact) mass is 403 g/mol. The maximum absolute atomic E-state index is 5.93. The molecule has 0 radical (unpaired) electrons. The molecule has 1 aromatic rings. The molecule has 0 amide bonds. The van der Waals surface area contributed by atoms with Gasteiger partial charge in [-0.25, -0.2) is 9.97 Å². The molecule has 1 N–H and O–H groups in total. The van der Waals surface area contributed by atoms with Gasteiger partial charge in [0, 0.05) is 13.2 Å². The molecule has 0 aromatic carbocycles. The van der Waals surface area contributed by atoms with E-state index >= 15 is 0 Å². The zero-order valence-corrected chi connectivity index (χ0v) is 15.6. The van der Waals surface area contributed by atoms with E-state index < -0.39 is 0 Å². The fourth-order valence-corrected chi connectivity index (χ4v) is 3.10. The summed E-state index contributed by atoms with van der Waals surface area (Å²) in [6, 6.07) is 0. The number of aromatic nitrogens is 2.